The van der Waals surface area contributed by atoms with Crippen molar-refractivity contribution in [2.45, 2.75) is 5.41 Å². The van der Waals surface area contributed by atoms with E-state index in [9.17, 15) is 0 Å². The Morgan fingerprint density at radius 1 is 0.353 bits per heavy atom. The molecule has 0 N–H and O–H groups in total. The van der Waals surface area contributed by atoms with Crippen LogP contribution in [0.25, 0.3) is 71.6 Å². The van der Waals surface area contributed by atoms with Gasteiger partial charge in [0.05, 0.1) is 27.8 Å². The minimum Gasteiger partial charge on any atom is -0.457 e. The summed E-state index contributed by atoms with van der Waals surface area (Å²) >= 11 is 0. The van der Waals surface area contributed by atoms with E-state index in [0.717, 1.165) is 73.1 Å². The van der Waals surface area contributed by atoms with Gasteiger partial charge >= 0.3 is 0 Å². The molecule has 0 fully saturated rings. The number of benzene rings is 11. The maximum absolute atomic E-state index is 6.78. The molecule has 0 radical (unpaired) electrons. The van der Waals surface area contributed by atoms with Crippen LogP contribution in [0.5, 0.6) is 11.5 Å². The predicted octanol–water partition coefficient (Wildman–Crippen LogP) is 17.2. The summed E-state index contributed by atoms with van der Waals surface area (Å²) in [7, 11) is 0. The summed E-state index contributed by atoms with van der Waals surface area (Å²) in [5.74, 6) is 1.76. The Labute approximate surface area is 395 Å². The quantitative estimate of drug-likeness (QED) is 0.166. The highest BCUT2D eigenvalue weighted by Crippen LogP contribution is 2.62. The van der Waals surface area contributed by atoms with Crippen molar-refractivity contribution >= 4 is 49.6 Å². The van der Waals surface area contributed by atoms with Gasteiger partial charge < -0.3 is 14.2 Å². The first-order chi connectivity index (χ1) is 33.8. The molecule has 3 heteroatoms. The number of fused-ring (bicyclic) bond motifs is 11. The molecule has 68 heavy (non-hydrogen) atoms. The third-order valence-electron chi connectivity index (χ3n) is 14.4. The van der Waals surface area contributed by atoms with E-state index in [0.29, 0.717) is 0 Å². The van der Waals surface area contributed by atoms with Crippen LogP contribution < -0.4 is 9.64 Å². The molecule has 3 nitrogen and oxygen atoms in total. The summed E-state index contributed by atoms with van der Waals surface area (Å²) in [6.45, 7) is 0. The Morgan fingerprint density at radius 2 is 0.882 bits per heavy atom. The van der Waals surface area contributed by atoms with Gasteiger partial charge in [-0.1, -0.05) is 200 Å². The Balaban J connectivity index is 1.13. The molecule has 0 unspecified atom stereocenters. The molecular weight excluding hydrogens is 825 g/mol. The molecule has 0 bridgehead atoms. The van der Waals surface area contributed by atoms with Gasteiger partial charge in [-0.2, -0.15) is 0 Å². The van der Waals surface area contributed by atoms with Gasteiger partial charge in [0.2, 0.25) is 0 Å². The molecule has 0 saturated heterocycles. The normalized spacial score (nSPS) is 12.9. The number of anilines is 3. The van der Waals surface area contributed by atoms with E-state index < -0.39 is 5.41 Å². The first-order valence-corrected chi connectivity index (χ1v) is 23.4. The highest BCUT2D eigenvalue weighted by Gasteiger charge is 2.49. The molecule has 14 rings (SSSR count). The van der Waals surface area contributed by atoms with Gasteiger partial charge in [0.15, 0.2) is 0 Å². The van der Waals surface area contributed by atoms with Crippen LogP contribution in [0, 0.1) is 0 Å². The van der Waals surface area contributed by atoms with Crippen molar-refractivity contribution < 1.29 is 4.74 Å². The Hall–Kier alpha value is -8.92. The summed E-state index contributed by atoms with van der Waals surface area (Å²) in [5, 5.41) is 4.81. The van der Waals surface area contributed by atoms with Crippen molar-refractivity contribution in [3.8, 4) is 50.6 Å². The van der Waals surface area contributed by atoms with Crippen LogP contribution >= 0.6 is 0 Å². The summed E-state index contributed by atoms with van der Waals surface area (Å²) in [6, 6.07) is 93.2. The number of ether oxygens (including phenoxy) is 1. The number of hydrogen-bond acceptors (Lipinski definition) is 2. The Morgan fingerprint density at radius 3 is 1.59 bits per heavy atom. The lowest BCUT2D eigenvalue weighted by Crippen LogP contribution is -2.36. The van der Waals surface area contributed by atoms with Crippen LogP contribution in [0.2, 0.25) is 0 Å². The second-order valence-electron chi connectivity index (χ2n) is 17.9. The molecule has 1 aliphatic carbocycles. The van der Waals surface area contributed by atoms with Gasteiger partial charge in [-0.3, -0.25) is 0 Å². The van der Waals surface area contributed by atoms with E-state index in [1.54, 1.807) is 0 Å². The summed E-state index contributed by atoms with van der Waals surface area (Å²) in [4.78, 5) is 2.56. The maximum atomic E-state index is 6.78. The molecular formula is C65H42N2O. The summed E-state index contributed by atoms with van der Waals surface area (Å²) in [6.07, 6.45) is 0. The van der Waals surface area contributed by atoms with Crippen LogP contribution in [0.3, 0.4) is 0 Å². The third-order valence-corrected chi connectivity index (χ3v) is 14.4. The third kappa shape index (κ3) is 5.47. The summed E-state index contributed by atoms with van der Waals surface area (Å²) in [5.41, 5.74) is 18.0. The van der Waals surface area contributed by atoms with Crippen LogP contribution in [-0.2, 0) is 5.41 Å². The van der Waals surface area contributed by atoms with Crippen LogP contribution in [-0.4, -0.2) is 4.57 Å². The number of aromatic nitrogens is 1. The monoisotopic (exact) mass is 866 g/mol. The van der Waals surface area contributed by atoms with Crippen LogP contribution in [0.1, 0.15) is 22.3 Å². The fourth-order valence-electron chi connectivity index (χ4n) is 11.7. The van der Waals surface area contributed by atoms with E-state index in [2.05, 4.69) is 264 Å². The molecule has 1 aromatic heterocycles. The zero-order valence-electron chi connectivity index (χ0n) is 37.1. The van der Waals surface area contributed by atoms with Crippen molar-refractivity contribution in [2.75, 3.05) is 4.90 Å². The highest BCUT2D eigenvalue weighted by molar-refractivity contribution is 6.15. The van der Waals surface area contributed by atoms with Gasteiger partial charge in [0, 0.05) is 49.8 Å². The van der Waals surface area contributed by atoms with Gasteiger partial charge in [0.25, 0.3) is 0 Å². The van der Waals surface area contributed by atoms with Gasteiger partial charge in [-0.25, -0.2) is 0 Å². The van der Waals surface area contributed by atoms with Gasteiger partial charge in [-0.05, 0) is 93.4 Å². The van der Waals surface area contributed by atoms with E-state index in [1.165, 1.54) is 49.3 Å². The van der Waals surface area contributed by atoms with Crippen molar-refractivity contribution in [1.29, 1.82) is 0 Å². The Kier molecular flexibility index (Phi) is 8.50. The average molecular weight is 867 g/mol. The highest BCUT2D eigenvalue weighted by atomic mass is 16.5. The van der Waals surface area contributed by atoms with E-state index >= 15 is 0 Å². The minimum absolute atomic E-state index is 0.646. The van der Waals surface area contributed by atoms with Crippen LogP contribution in [0.15, 0.2) is 255 Å². The number of rotatable bonds is 6. The smallest absolute Gasteiger partial charge is 0.132 e. The van der Waals surface area contributed by atoms with Crippen LogP contribution in [0.4, 0.5) is 17.1 Å². The Bertz CT molecular complexity index is 3840. The van der Waals surface area contributed by atoms with Crippen molar-refractivity contribution in [3.63, 3.8) is 0 Å². The lowest BCUT2D eigenvalue weighted by Gasteiger charge is -2.45. The zero-order valence-corrected chi connectivity index (χ0v) is 37.1. The maximum Gasteiger partial charge on any atom is 0.132 e. The minimum atomic E-state index is -0.646. The zero-order chi connectivity index (χ0) is 44.8. The molecule has 0 amide bonds. The van der Waals surface area contributed by atoms with Crippen molar-refractivity contribution in [2.24, 2.45) is 0 Å². The second-order valence-corrected chi connectivity index (χ2v) is 17.9. The molecule has 318 valence electrons. The van der Waals surface area contributed by atoms with Gasteiger partial charge in [0.1, 0.15) is 11.5 Å². The predicted molar refractivity (Wildman–Crippen MR) is 281 cm³/mol. The fourth-order valence-corrected chi connectivity index (χ4v) is 11.7. The first-order valence-electron chi connectivity index (χ1n) is 23.4. The molecule has 11 aromatic carbocycles. The molecule has 2 heterocycles. The lowest BCUT2D eigenvalue weighted by molar-refractivity contribution is 0.435. The molecule has 0 saturated carbocycles. The van der Waals surface area contributed by atoms with E-state index in [-0.39, 0.29) is 0 Å². The molecule has 1 spiro atoms. The first kappa shape index (κ1) is 38.4. The summed E-state index contributed by atoms with van der Waals surface area (Å²) < 4.78 is 9.18. The van der Waals surface area contributed by atoms with E-state index in [1.807, 2.05) is 0 Å². The standard InChI is InChI=1S/C65H42N2O/c1-4-20-43(21-5-1)47-28-18-29-48(44-22-6-2-7-23-44)64(47)67(46-38-40-60-53(42-46)50-27-11-15-35-58(50)66(60)45-24-8-3-9-25-45)59-41-39-51-49-26-10-12-31-54(49)65(57-34-19-30-52(59)63(51)57)55-32-13-16-36-61(55)68-62-37-17-14-33-56(62)65/h1-42H. The SMILES string of the molecule is c1ccc(-c2cccc(-c3ccccc3)c2N(c2ccc3c(c2)c2ccccc2n3-c2ccccc2)c2ccc3c4c(cccc24)C2(c4ccccc4Oc4ccccc42)c2ccccc2-3)cc1. The number of hydrogen-bond donors (Lipinski definition) is 0. The largest absolute Gasteiger partial charge is 0.457 e. The second kappa shape index (κ2) is 15.1. The number of nitrogens with zero attached hydrogens (tertiary/aromatic N) is 2. The number of para-hydroxylation sites is 5. The molecule has 0 atom stereocenters. The fraction of sp³-hybridized carbons (Fsp3) is 0.0154. The average Bonchev–Trinajstić information content (AvgIpc) is 3.74. The van der Waals surface area contributed by atoms with Gasteiger partial charge in [-0.15, -0.1) is 0 Å². The molecule has 1 aliphatic heterocycles. The van der Waals surface area contributed by atoms with Crippen molar-refractivity contribution in [3.05, 3.63) is 277 Å². The molecule has 12 aromatic rings. The topological polar surface area (TPSA) is 17.4 Å². The lowest BCUT2D eigenvalue weighted by atomic mass is 9.58. The van der Waals surface area contributed by atoms with Crippen molar-refractivity contribution in [1.82, 2.24) is 4.57 Å². The molecule has 2 aliphatic rings. The van der Waals surface area contributed by atoms with E-state index in [4.69, 9.17) is 4.74 Å².